The number of piperazine rings is 1. The van der Waals surface area contributed by atoms with Crippen LogP contribution in [0.3, 0.4) is 0 Å². The van der Waals surface area contributed by atoms with Gasteiger partial charge in [-0.15, -0.1) is 0 Å². The van der Waals surface area contributed by atoms with Crippen molar-refractivity contribution in [3.8, 4) is 11.1 Å². The zero-order valence-electron chi connectivity index (χ0n) is 17.5. The lowest BCUT2D eigenvalue weighted by molar-refractivity contribution is 0.0379. The molecule has 1 aromatic carbocycles. The van der Waals surface area contributed by atoms with Crippen LogP contribution in [0.25, 0.3) is 11.1 Å². The van der Waals surface area contributed by atoms with Crippen LogP contribution in [0.2, 0.25) is 0 Å². The van der Waals surface area contributed by atoms with Crippen molar-refractivity contribution in [2.75, 3.05) is 31.1 Å². The Balaban J connectivity index is 1.60. The van der Waals surface area contributed by atoms with Gasteiger partial charge < -0.3 is 14.1 Å². The van der Waals surface area contributed by atoms with Gasteiger partial charge in [0.2, 0.25) is 0 Å². The van der Waals surface area contributed by atoms with E-state index in [1.165, 1.54) is 0 Å². The number of rotatable bonds is 6. The fraction of sp³-hybridized carbons (Fsp3) is 0.333. The molecular formula is C24H27N3O3. The van der Waals surface area contributed by atoms with Crippen LogP contribution in [0.1, 0.15) is 30.0 Å². The molecule has 0 unspecified atom stereocenters. The SMILES string of the molecule is CC(C)OC(=O)c1c(-c2ccccc2)ccnc1N1CCN(Cc2ccco2)CC1. The Bertz CT molecular complexity index is 963. The summed E-state index contributed by atoms with van der Waals surface area (Å²) in [6, 6.07) is 15.7. The number of hydrogen-bond donors (Lipinski definition) is 0. The number of anilines is 1. The van der Waals surface area contributed by atoms with Crippen molar-refractivity contribution in [1.82, 2.24) is 9.88 Å². The van der Waals surface area contributed by atoms with Gasteiger partial charge in [0.25, 0.3) is 0 Å². The minimum Gasteiger partial charge on any atom is -0.468 e. The second-order valence-electron chi connectivity index (χ2n) is 7.72. The highest BCUT2D eigenvalue weighted by molar-refractivity contribution is 6.02. The van der Waals surface area contributed by atoms with Crippen molar-refractivity contribution < 1.29 is 13.9 Å². The van der Waals surface area contributed by atoms with E-state index in [1.807, 2.05) is 62.4 Å². The first-order valence-electron chi connectivity index (χ1n) is 10.4. The molecule has 0 radical (unpaired) electrons. The summed E-state index contributed by atoms with van der Waals surface area (Å²) in [6.07, 6.45) is 3.29. The Kier molecular flexibility index (Phi) is 6.14. The van der Waals surface area contributed by atoms with Gasteiger partial charge in [0.15, 0.2) is 0 Å². The number of nitrogens with zero attached hydrogens (tertiary/aromatic N) is 3. The van der Waals surface area contributed by atoms with Crippen molar-refractivity contribution in [3.63, 3.8) is 0 Å². The molecule has 4 rings (SSSR count). The molecule has 6 heteroatoms. The van der Waals surface area contributed by atoms with E-state index < -0.39 is 0 Å². The topological polar surface area (TPSA) is 58.8 Å². The third-order valence-corrected chi connectivity index (χ3v) is 5.19. The van der Waals surface area contributed by atoms with Crippen molar-refractivity contribution in [1.29, 1.82) is 0 Å². The Morgan fingerprint density at radius 3 is 2.50 bits per heavy atom. The second kappa shape index (κ2) is 9.13. The van der Waals surface area contributed by atoms with E-state index in [-0.39, 0.29) is 12.1 Å². The van der Waals surface area contributed by atoms with Crippen LogP contribution in [0.5, 0.6) is 0 Å². The monoisotopic (exact) mass is 405 g/mol. The number of aromatic nitrogens is 1. The number of hydrogen-bond acceptors (Lipinski definition) is 6. The number of carbonyl (C=O) groups is 1. The predicted molar refractivity (Wildman–Crippen MR) is 116 cm³/mol. The third-order valence-electron chi connectivity index (χ3n) is 5.19. The summed E-state index contributed by atoms with van der Waals surface area (Å²) in [5.74, 6) is 1.33. The minimum absolute atomic E-state index is 0.195. The zero-order valence-corrected chi connectivity index (χ0v) is 17.5. The first-order chi connectivity index (χ1) is 14.6. The van der Waals surface area contributed by atoms with Gasteiger partial charge in [0.1, 0.15) is 17.1 Å². The molecule has 156 valence electrons. The van der Waals surface area contributed by atoms with Crippen molar-refractivity contribution in [2.45, 2.75) is 26.5 Å². The molecule has 0 bridgehead atoms. The highest BCUT2D eigenvalue weighted by Crippen LogP contribution is 2.31. The van der Waals surface area contributed by atoms with Gasteiger partial charge in [0.05, 0.1) is 18.9 Å². The smallest absolute Gasteiger partial charge is 0.342 e. The first-order valence-corrected chi connectivity index (χ1v) is 10.4. The number of ether oxygens (including phenoxy) is 1. The number of benzene rings is 1. The summed E-state index contributed by atoms with van der Waals surface area (Å²) in [7, 11) is 0. The third kappa shape index (κ3) is 4.54. The molecule has 0 N–H and O–H groups in total. The number of pyridine rings is 1. The Morgan fingerprint density at radius 1 is 1.07 bits per heavy atom. The van der Waals surface area contributed by atoms with Crippen LogP contribution in [-0.4, -0.2) is 48.1 Å². The van der Waals surface area contributed by atoms with E-state index >= 15 is 0 Å². The summed E-state index contributed by atoms with van der Waals surface area (Å²) in [6.45, 7) is 7.84. The molecule has 6 nitrogen and oxygen atoms in total. The molecule has 0 aliphatic carbocycles. The van der Waals surface area contributed by atoms with Crippen LogP contribution >= 0.6 is 0 Å². The van der Waals surface area contributed by atoms with Crippen LogP contribution in [0.15, 0.2) is 65.4 Å². The molecule has 3 heterocycles. The van der Waals surface area contributed by atoms with Crippen molar-refractivity contribution in [3.05, 3.63) is 72.3 Å². The molecule has 1 aliphatic rings. The minimum atomic E-state index is -0.329. The second-order valence-corrected chi connectivity index (χ2v) is 7.72. The molecule has 0 amide bonds. The van der Waals surface area contributed by atoms with Gasteiger partial charge >= 0.3 is 5.97 Å². The molecule has 0 atom stereocenters. The van der Waals surface area contributed by atoms with Crippen LogP contribution in [-0.2, 0) is 11.3 Å². The average Bonchev–Trinajstić information content (AvgIpc) is 3.27. The van der Waals surface area contributed by atoms with E-state index in [4.69, 9.17) is 9.15 Å². The Morgan fingerprint density at radius 2 is 1.83 bits per heavy atom. The Labute approximate surface area is 177 Å². The predicted octanol–water partition coefficient (Wildman–Crippen LogP) is 4.23. The van der Waals surface area contributed by atoms with E-state index in [0.717, 1.165) is 49.6 Å². The van der Waals surface area contributed by atoms with Gasteiger partial charge in [-0.05, 0) is 37.6 Å². The van der Waals surface area contributed by atoms with Crippen LogP contribution < -0.4 is 4.90 Å². The van der Waals surface area contributed by atoms with E-state index in [1.54, 1.807) is 12.5 Å². The number of esters is 1. The highest BCUT2D eigenvalue weighted by atomic mass is 16.5. The first kappa shape index (κ1) is 20.2. The lowest BCUT2D eigenvalue weighted by Crippen LogP contribution is -2.46. The van der Waals surface area contributed by atoms with Gasteiger partial charge in [-0.3, -0.25) is 4.90 Å². The molecule has 3 aromatic rings. The maximum Gasteiger partial charge on any atom is 0.342 e. The quantitative estimate of drug-likeness (QED) is 0.572. The van der Waals surface area contributed by atoms with Crippen molar-refractivity contribution >= 4 is 11.8 Å². The zero-order chi connectivity index (χ0) is 20.9. The Hall–Kier alpha value is -3.12. The fourth-order valence-electron chi connectivity index (χ4n) is 3.76. The summed E-state index contributed by atoms with van der Waals surface area (Å²) >= 11 is 0. The molecule has 1 aliphatic heterocycles. The number of furan rings is 1. The fourth-order valence-corrected chi connectivity index (χ4v) is 3.76. The van der Waals surface area contributed by atoms with Gasteiger partial charge in [-0.1, -0.05) is 30.3 Å². The molecule has 1 saturated heterocycles. The summed E-state index contributed by atoms with van der Waals surface area (Å²) < 4.78 is 11.1. The normalized spacial score (nSPS) is 14.8. The summed E-state index contributed by atoms with van der Waals surface area (Å²) in [5.41, 5.74) is 2.37. The van der Waals surface area contributed by atoms with Gasteiger partial charge in [0, 0.05) is 37.9 Å². The van der Waals surface area contributed by atoms with Gasteiger partial charge in [-0.25, -0.2) is 9.78 Å². The number of carbonyl (C=O) groups excluding carboxylic acids is 1. The lowest BCUT2D eigenvalue weighted by atomic mass is 10.00. The highest BCUT2D eigenvalue weighted by Gasteiger charge is 2.27. The van der Waals surface area contributed by atoms with Crippen LogP contribution in [0.4, 0.5) is 5.82 Å². The molecule has 1 fully saturated rings. The summed E-state index contributed by atoms with van der Waals surface area (Å²) in [5, 5.41) is 0. The maximum absolute atomic E-state index is 13.1. The van der Waals surface area contributed by atoms with Gasteiger partial charge in [-0.2, -0.15) is 0 Å². The molecule has 2 aromatic heterocycles. The van der Waals surface area contributed by atoms with Crippen molar-refractivity contribution in [2.24, 2.45) is 0 Å². The molecular weight excluding hydrogens is 378 g/mol. The lowest BCUT2D eigenvalue weighted by Gasteiger charge is -2.36. The standard InChI is InChI=1S/C24H27N3O3/c1-18(2)30-24(28)22-21(19-7-4-3-5-8-19)10-11-25-23(22)27-14-12-26(13-15-27)17-20-9-6-16-29-20/h3-11,16,18H,12-15,17H2,1-2H3. The van der Waals surface area contributed by atoms with Crippen LogP contribution in [0, 0.1) is 0 Å². The average molecular weight is 405 g/mol. The van der Waals surface area contributed by atoms with E-state index in [2.05, 4.69) is 14.8 Å². The molecule has 0 spiro atoms. The maximum atomic E-state index is 13.1. The van der Waals surface area contributed by atoms with E-state index in [0.29, 0.717) is 11.4 Å². The molecule has 30 heavy (non-hydrogen) atoms. The summed E-state index contributed by atoms with van der Waals surface area (Å²) in [4.78, 5) is 22.2. The molecule has 0 saturated carbocycles. The van der Waals surface area contributed by atoms with E-state index in [9.17, 15) is 4.79 Å². The largest absolute Gasteiger partial charge is 0.468 e.